The molecule has 5 heteroatoms. The van der Waals surface area contributed by atoms with Crippen LogP contribution in [0.2, 0.25) is 0 Å². The third-order valence-corrected chi connectivity index (χ3v) is 2.55. The first-order chi connectivity index (χ1) is 6.04. The molecule has 0 atom stereocenters. The van der Waals surface area contributed by atoms with E-state index in [1.165, 1.54) is 6.07 Å². The summed E-state index contributed by atoms with van der Waals surface area (Å²) in [6.07, 6.45) is 1.74. The van der Waals surface area contributed by atoms with Gasteiger partial charge in [-0.05, 0) is 18.7 Å². The van der Waals surface area contributed by atoms with Gasteiger partial charge in [-0.3, -0.25) is 0 Å². The zero-order chi connectivity index (χ0) is 9.90. The fraction of sp³-hybridized carbons (Fsp3) is 0.375. The summed E-state index contributed by atoms with van der Waals surface area (Å²) in [4.78, 5) is 3.97. The SMILES string of the molecule is CS(=O)(=O)c1cccc(CCN)n1. The minimum atomic E-state index is -3.20. The van der Waals surface area contributed by atoms with Crippen molar-refractivity contribution in [2.75, 3.05) is 12.8 Å². The Morgan fingerprint density at radius 1 is 1.46 bits per heavy atom. The zero-order valence-electron chi connectivity index (χ0n) is 7.40. The van der Waals surface area contributed by atoms with E-state index in [0.29, 0.717) is 18.7 Å². The number of hydrogen-bond donors (Lipinski definition) is 1. The maximum atomic E-state index is 11.1. The number of rotatable bonds is 3. The molecule has 0 aliphatic rings. The lowest BCUT2D eigenvalue weighted by Gasteiger charge is -2.00. The van der Waals surface area contributed by atoms with Gasteiger partial charge in [0.15, 0.2) is 14.9 Å². The Bertz CT molecular complexity index is 387. The minimum absolute atomic E-state index is 0.110. The highest BCUT2D eigenvalue weighted by Crippen LogP contribution is 2.05. The third kappa shape index (κ3) is 2.78. The van der Waals surface area contributed by atoms with E-state index in [-0.39, 0.29) is 5.03 Å². The van der Waals surface area contributed by atoms with E-state index in [9.17, 15) is 8.42 Å². The number of hydrogen-bond acceptors (Lipinski definition) is 4. The number of aromatic nitrogens is 1. The van der Waals surface area contributed by atoms with Crippen LogP contribution in [0, 0.1) is 0 Å². The minimum Gasteiger partial charge on any atom is -0.330 e. The van der Waals surface area contributed by atoms with E-state index in [2.05, 4.69) is 4.98 Å². The number of sulfone groups is 1. The van der Waals surface area contributed by atoms with E-state index in [1.807, 2.05) is 0 Å². The van der Waals surface area contributed by atoms with E-state index in [0.717, 1.165) is 6.26 Å². The first-order valence-electron chi connectivity index (χ1n) is 3.90. The molecular formula is C8H12N2O2S. The van der Waals surface area contributed by atoms with Crippen LogP contribution in [-0.4, -0.2) is 26.2 Å². The molecule has 2 N–H and O–H groups in total. The molecule has 4 nitrogen and oxygen atoms in total. The summed E-state index contributed by atoms with van der Waals surface area (Å²) in [5.41, 5.74) is 6.04. The largest absolute Gasteiger partial charge is 0.330 e. The summed E-state index contributed by atoms with van der Waals surface area (Å²) in [7, 11) is -3.20. The lowest BCUT2D eigenvalue weighted by atomic mass is 10.3. The molecule has 72 valence electrons. The van der Waals surface area contributed by atoms with Crippen LogP contribution in [0.1, 0.15) is 5.69 Å². The first kappa shape index (κ1) is 10.1. The monoisotopic (exact) mass is 200 g/mol. The zero-order valence-corrected chi connectivity index (χ0v) is 8.21. The molecule has 0 saturated heterocycles. The van der Waals surface area contributed by atoms with Gasteiger partial charge >= 0.3 is 0 Å². The van der Waals surface area contributed by atoms with Crippen LogP contribution in [0.25, 0.3) is 0 Å². The summed E-state index contributed by atoms with van der Waals surface area (Å²) in [6, 6.07) is 4.92. The van der Waals surface area contributed by atoms with Crippen molar-refractivity contribution in [3.8, 4) is 0 Å². The van der Waals surface area contributed by atoms with Gasteiger partial charge in [0.25, 0.3) is 0 Å². The Hall–Kier alpha value is -0.940. The van der Waals surface area contributed by atoms with Gasteiger partial charge in [-0.25, -0.2) is 13.4 Å². The summed E-state index contributed by atoms with van der Waals surface area (Å²) in [5, 5.41) is 0.110. The Morgan fingerprint density at radius 3 is 2.69 bits per heavy atom. The van der Waals surface area contributed by atoms with Gasteiger partial charge in [-0.1, -0.05) is 6.07 Å². The molecule has 0 amide bonds. The summed E-state index contributed by atoms with van der Waals surface area (Å²) in [6.45, 7) is 0.472. The molecule has 0 bridgehead atoms. The van der Waals surface area contributed by atoms with Crippen LogP contribution in [0.4, 0.5) is 0 Å². The molecule has 1 rings (SSSR count). The molecule has 0 aliphatic heterocycles. The molecule has 0 unspecified atom stereocenters. The van der Waals surface area contributed by atoms with Crippen LogP contribution < -0.4 is 5.73 Å². The van der Waals surface area contributed by atoms with E-state index in [1.54, 1.807) is 12.1 Å². The Kier molecular flexibility index (Phi) is 3.00. The lowest BCUT2D eigenvalue weighted by molar-refractivity contribution is 0.597. The van der Waals surface area contributed by atoms with Crippen LogP contribution in [0.5, 0.6) is 0 Å². The number of pyridine rings is 1. The predicted molar refractivity (Wildman–Crippen MR) is 50.1 cm³/mol. The van der Waals surface area contributed by atoms with Crippen molar-refractivity contribution in [2.24, 2.45) is 5.73 Å². The molecule has 0 radical (unpaired) electrons. The summed E-state index contributed by atoms with van der Waals surface area (Å²) >= 11 is 0. The second-order valence-corrected chi connectivity index (χ2v) is 4.74. The van der Waals surface area contributed by atoms with Gasteiger partial charge < -0.3 is 5.73 Å². The number of nitrogens with zero attached hydrogens (tertiary/aromatic N) is 1. The van der Waals surface area contributed by atoms with Crippen LogP contribution >= 0.6 is 0 Å². The fourth-order valence-electron chi connectivity index (χ4n) is 0.951. The van der Waals surface area contributed by atoms with Crippen molar-refractivity contribution in [1.82, 2.24) is 4.98 Å². The van der Waals surface area contributed by atoms with Crippen molar-refractivity contribution in [1.29, 1.82) is 0 Å². The van der Waals surface area contributed by atoms with Crippen LogP contribution in [-0.2, 0) is 16.3 Å². The molecule has 1 aromatic rings. The predicted octanol–water partition coefficient (Wildman–Crippen LogP) is -0.0137. The second kappa shape index (κ2) is 3.85. The quantitative estimate of drug-likeness (QED) is 0.744. The Morgan fingerprint density at radius 2 is 2.15 bits per heavy atom. The lowest BCUT2D eigenvalue weighted by Crippen LogP contribution is -2.07. The average Bonchev–Trinajstić information content (AvgIpc) is 2.04. The summed E-state index contributed by atoms with van der Waals surface area (Å²) < 4.78 is 22.2. The van der Waals surface area contributed by atoms with Gasteiger partial charge in [0, 0.05) is 18.4 Å². The van der Waals surface area contributed by atoms with E-state index in [4.69, 9.17) is 5.73 Å². The van der Waals surface area contributed by atoms with Crippen molar-refractivity contribution in [3.63, 3.8) is 0 Å². The molecule has 1 heterocycles. The molecule has 1 aromatic heterocycles. The van der Waals surface area contributed by atoms with Crippen LogP contribution in [0.15, 0.2) is 23.2 Å². The van der Waals surface area contributed by atoms with Crippen molar-refractivity contribution >= 4 is 9.84 Å². The highest BCUT2D eigenvalue weighted by atomic mass is 32.2. The summed E-state index contributed by atoms with van der Waals surface area (Å²) in [5.74, 6) is 0. The normalized spacial score (nSPS) is 11.5. The van der Waals surface area contributed by atoms with E-state index >= 15 is 0 Å². The van der Waals surface area contributed by atoms with Gasteiger partial charge in [0.05, 0.1) is 0 Å². The highest BCUT2D eigenvalue weighted by Gasteiger charge is 2.08. The highest BCUT2D eigenvalue weighted by molar-refractivity contribution is 7.90. The average molecular weight is 200 g/mol. The molecule has 0 fully saturated rings. The molecule has 13 heavy (non-hydrogen) atoms. The molecule has 0 spiro atoms. The maximum absolute atomic E-state index is 11.1. The molecule has 0 saturated carbocycles. The van der Waals surface area contributed by atoms with Gasteiger partial charge in [-0.2, -0.15) is 0 Å². The van der Waals surface area contributed by atoms with Crippen molar-refractivity contribution in [3.05, 3.63) is 23.9 Å². The third-order valence-electron chi connectivity index (χ3n) is 1.56. The first-order valence-corrected chi connectivity index (χ1v) is 5.79. The molecular weight excluding hydrogens is 188 g/mol. The Balaban J connectivity index is 3.06. The topological polar surface area (TPSA) is 73.0 Å². The smallest absolute Gasteiger partial charge is 0.192 e. The van der Waals surface area contributed by atoms with Gasteiger partial charge in [-0.15, -0.1) is 0 Å². The maximum Gasteiger partial charge on any atom is 0.192 e. The molecule has 0 aliphatic carbocycles. The van der Waals surface area contributed by atoms with Gasteiger partial charge in [0.2, 0.25) is 0 Å². The fourth-order valence-corrected chi connectivity index (χ4v) is 1.56. The van der Waals surface area contributed by atoms with Crippen molar-refractivity contribution in [2.45, 2.75) is 11.4 Å². The molecule has 0 aromatic carbocycles. The Labute approximate surface area is 77.7 Å². The second-order valence-electron chi connectivity index (χ2n) is 2.78. The standard InChI is InChI=1S/C8H12N2O2S/c1-13(11,12)8-4-2-3-7(10-8)5-6-9/h2-4H,5-6,9H2,1H3. The van der Waals surface area contributed by atoms with Crippen LogP contribution in [0.3, 0.4) is 0 Å². The van der Waals surface area contributed by atoms with Crippen molar-refractivity contribution < 1.29 is 8.42 Å². The number of nitrogens with two attached hydrogens (primary N) is 1. The van der Waals surface area contributed by atoms with Gasteiger partial charge in [0.1, 0.15) is 0 Å². The van der Waals surface area contributed by atoms with E-state index < -0.39 is 9.84 Å².